The highest BCUT2D eigenvalue weighted by molar-refractivity contribution is 5.99. The van der Waals surface area contributed by atoms with Gasteiger partial charge in [0.05, 0.1) is 12.9 Å². The smallest absolute Gasteiger partial charge is 0.251 e. The molecule has 0 aliphatic rings. The first-order valence-electron chi connectivity index (χ1n) is 5.44. The third-order valence-corrected chi connectivity index (χ3v) is 2.09. The molecule has 0 unspecified atom stereocenters. The van der Waals surface area contributed by atoms with Gasteiger partial charge in [-0.1, -0.05) is 19.1 Å². The van der Waals surface area contributed by atoms with E-state index < -0.39 is 0 Å². The molecule has 16 heavy (non-hydrogen) atoms. The lowest BCUT2D eigenvalue weighted by Gasteiger charge is -2.03. The van der Waals surface area contributed by atoms with E-state index in [1.54, 1.807) is 0 Å². The number of ether oxygens (including phenoxy) is 1. The Morgan fingerprint density at radius 1 is 1.44 bits per heavy atom. The quantitative estimate of drug-likeness (QED) is 0.611. The molecular formula is C13H17NO2. The summed E-state index contributed by atoms with van der Waals surface area (Å²) in [6.45, 7) is 4.51. The Hall–Kier alpha value is -1.77. The van der Waals surface area contributed by atoms with Crippen molar-refractivity contribution < 1.29 is 9.53 Å². The first kappa shape index (κ1) is 12.3. The van der Waals surface area contributed by atoms with Crippen LogP contribution >= 0.6 is 0 Å². The van der Waals surface area contributed by atoms with Crippen LogP contribution in [0.4, 0.5) is 5.69 Å². The van der Waals surface area contributed by atoms with Crippen LogP contribution in [0, 0.1) is 0 Å². The largest absolute Gasteiger partial charge is 0.501 e. The highest BCUT2D eigenvalue weighted by atomic mass is 16.5. The first-order valence-corrected chi connectivity index (χ1v) is 5.44. The molecule has 1 amide bonds. The van der Waals surface area contributed by atoms with Gasteiger partial charge in [0, 0.05) is 11.8 Å². The Bertz CT molecular complexity index is 372. The second-order valence-electron chi connectivity index (χ2n) is 3.30. The predicted octanol–water partition coefficient (Wildman–Crippen LogP) is 2.74. The predicted molar refractivity (Wildman–Crippen MR) is 65.2 cm³/mol. The average molecular weight is 219 g/mol. The highest BCUT2D eigenvalue weighted by Gasteiger charge is 1.98. The van der Waals surface area contributed by atoms with Crippen molar-refractivity contribution in [3.8, 4) is 0 Å². The number of aryl methyl sites for hydroxylation is 1. The average Bonchev–Trinajstić information content (AvgIpc) is 2.29. The molecule has 1 rings (SSSR count). The van der Waals surface area contributed by atoms with E-state index in [1.165, 1.54) is 17.9 Å². The molecule has 0 saturated carbocycles. The van der Waals surface area contributed by atoms with E-state index in [2.05, 4.69) is 12.2 Å². The summed E-state index contributed by atoms with van der Waals surface area (Å²) in [5.74, 6) is -0.179. The van der Waals surface area contributed by atoms with Crippen LogP contribution in [0.25, 0.3) is 0 Å². The summed E-state index contributed by atoms with van der Waals surface area (Å²) in [5, 5.41) is 2.77. The van der Waals surface area contributed by atoms with E-state index in [4.69, 9.17) is 4.74 Å². The van der Waals surface area contributed by atoms with Crippen molar-refractivity contribution in [1.82, 2.24) is 0 Å². The van der Waals surface area contributed by atoms with Crippen molar-refractivity contribution in [2.45, 2.75) is 20.3 Å². The van der Waals surface area contributed by atoms with Gasteiger partial charge in [-0.05, 0) is 31.0 Å². The molecule has 0 bridgehead atoms. The van der Waals surface area contributed by atoms with Crippen LogP contribution in [0.1, 0.15) is 19.4 Å². The summed E-state index contributed by atoms with van der Waals surface area (Å²) in [5.41, 5.74) is 2.01. The second-order valence-corrected chi connectivity index (χ2v) is 3.30. The minimum atomic E-state index is -0.179. The summed E-state index contributed by atoms with van der Waals surface area (Å²) in [6.07, 6.45) is 3.74. The van der Waals surface area contributed by atoms with Crippen molar-refractivity contribution in [2.24, 2.45) is 0 Å². The van der Waals surface area contributed by atoms with Crippen molar-refractivity contribution in [3.05, 3.63) is 42.2 Å². The minimum Gasteiger partial charge on any atom is -0.501 e. The molecule has 1 aromatic carbocycles. The number of rotatable bonds is 5. The lowest BCUT2D eigenvalue weighted by molar-refractivity contribution is -0.112. The zero-order chi connectivity index (χ0) is 11.8. The summed E-state index contributed by atoms with van der Waals surface area (Å²) in [6, 6.07) is 7.80. The molecule has 0 radical (unpaired) electrons. The molecular weight excluding hydrogens is 202 g/mol. The standard InChI is InChI=1S/C13H17NO2/c1-3-11-6-5-7-12(10-11)14-13(15)8-9-16-4-2/h5-10H,3-4H2,1-2H3,(H,14,15)/b9-8+. The van der Waals surface area contributed by atoms with Gasteiger partial charge in [-0.25, -0.2) is 0 Å². The normalized spacial score (nSPS) is 10.4. The zero-order valence-electron chi connectivity index (χ0n) is 9.69. The molecule has 3 heteroatoms. The Balaban J connectivity index is 2.55. The summed E-state index contributed by atoms with van der Waals surface area (Å²) in [4.78, 5) is 11.4. The van der Waals surface area contributed by atoms with Gasteiger partial charge >= 0.3 is 0 Å². The maximum atomic E-state index is 11.4. The van der Waals surface area contributed by atoms with E-state index in [0.29, 0.717) is 6.61 Å². The fourth-order valence-electron chi connectivity index (χ4n) is 1.26. The van der Waals surface area contributed by atoms with Crippen LogP contribution in [-0.2, 0) is 16.0 Å². The van der Waals surface area contributed by atoms with Crippen molar-refractivity contribution >= 4 is 11.6 Å². The van der Waals surface area contributed by atoms with Gasteiger partial charge < -0.3 is 10.1 Å². The Morgan fingerprint density at radius 3 is 2.94 bits per heavy atom. The Labute approximate surface area is 96.1 Å². The number of anilines is 1. The zero-order valence-corrected chi connectivity index (χ0v) is 9.69. The summed E-state index contributed by atoms with van der Waals surface area (Å²) < 4.78 is 4.95. The molecule has 1 aromatic rings. The number of amides is 1. The molecule has 0 aliphatic carbocycles. The lowest BCUT2D eigenvalue weighted by atomic mass is 10.1. The number of nitrogens with one attached hydrogen (secondary N) is 1. The lowest BCUT2D eigenvalue weighted by Crippen LogP contribution is -2.08. The van der Waals surface area contributed by atoms with Crippen LogP contribution < -0.4 is 5.32 Å². The van der Waals surface area contributed by atoms with Gasteiger partial charge in [0.1, 0.15) is 0 Å². The van der Waals surface area contributed by atoms with Gasteiger partial charge in [0.25, 0.3) is 5.91 Å². The van der Waals surface area contributed by atoms with Crippen LogP contribution in [0.15, 0.2) is 36.6 Å². The van der Waals surface area contributed by atoms with Gasteiger partial charge in [0.2, 0.25) is 0 Å². The maximum absolute atomic E-state index is 11.4. The summed E-state index contributed by atoms with van der Waals surface area (Å²) >= 11 is 0. The van der Waals surface area contributed by atoms with E-state index in [-0.39, 0.29) is 5.91 Å². The molecule has 0 aliphatic heterocycles. The number of hydrogen-bond acceptors (Lipinski definition) is 2. The van der Waals surface area contributed by atoms with Crippen LogP contribution in [0.3, 0.4) is 0 Å². The third-order valence-electron chi connectivity index (χ3n) is 2.09. The Morgan fingerprint density at radius 2 is 2.25 bits per heavy atom. The van der Waals surface area contributed by atoms with Crippen molar-refractivity contribution in [1.29, 1.82) is 0 Å². The third kappa shape index (κ3) is 4.17. The molecule has 0 aromatic heterocycles. The number of carbonyl (C=O) groups is 1. The minimum absolute atomic E-state index is 0.179. The SMILES string of the molecule is CCO/C=C/C(=O)Nc1cccc(CC)c1. The van der Waals surface area contributed by atoms with E-state index in [0.717, 1.165) is 12.1 Å². The fraction of sp³-hybridized carbons (Fsp3) is 0.308. The van der Waals surface area contributed by atoms with Gasteiger partial charge in [-0.3, -0.25) is 4.79 Å². The first-order chi connectivity index (χ1) is 7.76. The van der Waals surface area contributed by atoms with Crippen molar-refractivity contribution in [3.63, 3.8) is 0 Å². The molecule has 0 heterocycles. The molecule has 0 fully saturated rings. The number of benzene rings is 1. The van der Waals surface area contributed by atoms with Crippen LogP contribution in [0.2, 0.25) is 0 Å². The Kier molecular flexibility index (Phi) is 5.12. The highest BCUT2D eigenvalue weighted by Crippen LogP contribution is 2.10. The number of carbonyl (C=O) groups excluding carboxylic acids is 1. The fourth-order valence-corrected chi connectivity index (χ4v) is 1.26. The van der Waals surface area contributed by atoms with Crippen LogP contribution in [0.5, 0.6) is 0 Å². The van der Waals surface area contributed by atoms with Gasteiger partial charge in [0.15, 0.2) is 0 Å². The van der Waals surface area contributed by atoms with Gasteiger partial charge in [-0.2, -0.15) is 0 Å². The number of hydrogen-bond donors (Lipinski definition) is 1. The van der Waals surface area contributed by atoms with E-state index >= 15 is 0 Å². The molecule has 0 atom stereocenters. The van der Waals surface area contributed by atoms with E-state index in [1.807, 2.05) is 31.2 Å². The molecule has 1 N–H and O–H groups in total. The van der Waals surface area contributed by atoms with E-state index in [9.17, 15) is 4.79 Å². The van der Waals surface area contributed by atoms with Gasteiger partial charge in [-0.15, -0.1) is 0 Å². The molecule has 0 spiro atoms. The van der Waals surface area contributed by atoms with Crippen molar-refractivity contribution in [2.75, 3.05) is 11.9 Å². The van der Waals surface area contributed by atoms with Crippen LogP contribution in [-0.4, -0.2) is 12.5 Å². The molecule has 0 saturated heterocycles. The topological polar surface area (TPSA) is 38.3 Å². The monoisotopic (exact) mass is 219 g/mol. The second kappa shape index (κ2) is 6.67. The molecule has 3 nitrogen and oxygen atoms in total. The maximum Gasteiger partial charge on any atom is 0.251 e. The molecule has 86 valence electrons. The summed E-state index contributed by atoms with van der Waals surface area (Å²) in [7, 11) is 0.